The van der Waals surface area contributed by atoms with E-state index in [0.29, 0.717) is 11.6 Å². The zero-order valence-corrected chi connectivity index (χ0v) is 13.3. The summed E-state index contributed by atoms with van der Waals surface area (Å²) in [6, 6.07) is 3.58. The Kier molecular flexibility index (Phi) is 5.01. The molecule has 0 bridgehead atoms. The predicted molar refractivity (Wildman–Crippen MR) is 81.5 cm³/mol. The molecular weight excluding hydrogens is 323 g/mol. The fraction of sp³-hybridized carbons (Fsp3) is 0.333. The van der Waals surface area contributed by atoms with E-state index in [-0.39, 0.29) is 12.1 Å². The minimum absolute atomic E-state index is 0.0432. The van der Waals surface area contributed by atoms with Crippen molar-refractivity contribution in [3.05, 3.63) is 47.0 Å². The molecule has 128 valence electrons. The normalized spacial score (nSPS) is 11.2. The Bertz CT molecular complexity index is 729. The Balaban J connectivity index is 2.05. The molecule has 2 heterocycles. The molecule has 0 aliphatic heterocycles. The zero-order chi connectivity index (χ0) is 17.9. The van der Waals surface area contributed by atoms with Gasteiger partial charge in [-0.2, -0.15) is 13.2 Å². The van der Waals surface area contributed by atoms with E-state index in [9.17, 15) is 18.0 Å². The first-order chi connectivity index (χ1) is 11.2. The molecule has 0 aliphatic carbocycles. The van der Waals surface area contributed by atoms with Gasteiger partial charge < -0.3 is 10.2 Å². The summed E-state index contributed by atoms with van der Waals surface area (Å²) in [6.07, 6.45) is -3.63. The molecule has 0 saturated carbocycles. The van der Waals surface area contributed by atoms with Crippen LogP contribution in [0.3, 0.4) is 0 Å². The highest BCUT2D eigenvalue weighted by molar-refractivity contribution is 5.93. The summed E-state index contributed by atoms with van der Waals surface area (Å²) < 4.78 is 37.3. The molecule has 0 unspecified atom stereocenters. The molecule has 24 heavy (non-hydrogen) atoms. The highest BCUT2D eigenvalue weighted by atomic mass is 19.4. The van der Waals surface area contributed by atoms with Gasteiger partial charge in [0, 0.05) is 26.0 Å². The van der Waals surface area contributed by atoms with Gasteiger partial charge in [0.2, 0.25) is 5.95 Å². The summed E-state index contributed by atoms with van der Waals surface area (Å²) in [5.41, 5.74) is 0.344. The molecule has 6 nitrogen and oxygen atoms in total. The lowest BCUT2D eigenvalue weighted by atomic mass is 10.2. The first-order valence-corrected chi connectivity index (χ1v) is 7.00. The molecular formula is C15H16F3N5O. The smallest absolute Gasteiger partial charge is 0.347 e. The maximum atomic E-state index is 12.4. The molecule has 0 saturated heterocycles. The Morgan fingerprint density at radius 3 is 2.50 bits per heavy atom. The van der Waals surface area contributed by atoms with Crippen molar-refractivity contribution in [3.63, 3.8) is 0 Å². The Hall–Kier alpha value is -2.71. The molecule has 0 fully saturated rings. The lowest BCUT2D eigenvalue weighted by molar-refractivity contribution is -0.141. The van der Waals surface area contributed by atoms with Gasteiger partial charge in [-0.25, -0.2) is 9.97 Å². The molecule has 2 rings (SSSR count). The molecule has 2 aromatic rings. The summed E-state index contributed by atoms with van der Waals surface area (Å²) >= 11 is 0. The molecule has 1 N–H and O–H groups in total. The van der Waals surface area contributed by atoms with E-state index in [1.165, 1.54) is 0 Å². The van der Waals surface area contributed by atoms with Gasteiger partial charge in [-0.05, 0) is 25.1 Å². The number of carbonyl (C=O) groups is 1. The van der Waals surface area contributed by atoms with Gasteiger partial charge in [0.05, 0.1) is 17.8 Å². The van der Waals surface area contributed by atoms with Crippen LogP contribution in [0.2, 0.25) is 0 Å². The summed E-state index contributed by atoms with van der Waals surface area (Å²) in [4.78, 5) is 25.5. The standard InChI is InChI=1S/C15H16F3N5O/c1-9-6-11(22-14(21-9)23(2)3)8-20-13(24)10-4-5-12(19-7-10)15(16,17)18/h4-7H,8H2,1-3H3,(H,20,24). The average Bonchev–Trinajstić information content (AvgIpc) is 2.51. The summed E-state index contributed by atoms with van der Waals surface area (Å²) in [6.45, 7) is 1.93. The van der Waals surface area contributed by atoms with Crippen molar-refractivity contribution in [1.82, 2.24) is 20.3 Å². The number of hydrogen-bond donors (Lipinski definition) is 1. The molecule has 2 aromatic heterocycles. The van der Waals surface area contributed by atoms with E-state index < -0.39 is 17.8 Å². The number of nitrogens with one attached hydrogen (secondary N) is 1. The fourth-order valence-corrected chi connectivity index (χ4v) is 1.88. The van der Waals surface area contributed by atoms with Crippen LogP contribution in [0.25, 0.3) is 0 Å². The van der Waals surface area contributed by atoms with Crippen molar-refractivity contribution < 1.29 is 18.0 Å². The first-order valence-electron chi connectivity index (χ1n) is 7.00. The average molecular weight is 339 g/mol. The summed E-state index contributed by atoms with van der Waals surface area (Å²) in [5.74, 6) is -0.0191. The molecule has 9 heteroatoms. The van der Waals surface area contributed by atoms with Gasteiger partial charge in [-0.15, -0.1) is 0 Å². The number of nitrogens with zero attached hydrogens (tertiary/aromatic N) is 4. The van der Waals surface area contributed by atoms with E-state index in [4.69, 9.17) is 0 Å². The minimum atomic E-state index is -4.53. The third-order valence-corrected chi connectivity index (χ3v) is 3.04. The lowest BCUT2D eigenvalue weighted by Gasteiger charge is -2.13. The zero-order valence-electron chi connectivity index (χ0n) is 13.3. The second kappa shape index (κ2) is 6.81. The fourth-order valence-electron chi connectivity index (χ4n) is 1.88. The number of aryl methyl sites for hydroxylation is 1. The SMILES string of the molecule is Cc1cc(CNC(=O)c2ccc(C(F)(F)F)nc2)nc(N(C)C)n1. The molecule has 0 aromatic carbocycles. The van der Waals surface area contributed by atoms with E-state index in [0.717, 1.165) is 24.0 Å². The van der Waals surface area contributed by atoms with Crippen LogP contribution in [0.1, 0.15) is 27.4 Å². The number of anilines is 1. The second-order valence-corrected chi connectivity index (χ2v) is 5.31. The third kappa shape index (κ3) is 4.40. The Morgan fingerprint density at radius 1 is 1.25 bits per heavy atom. The monoisotopic (exact) mass is 339 g/mol. The summed E-state index contributed by atoms with van der Waals surface area (Å²) in [5, 5.41) is 2.60. The highest BCUT2D eigenvalue weighted by Gasteiger charge is 2.32. The number of alkyl halides is 3. The van der Waals surface area contributed by atoms with Crippen LogP contribution in [0.15, 0.2) is 24.4 Å². The van der Waals surface area contributed by atoms with Crippen molar-refractivity contribution in [2.24, 2.45) is 0 Å². The number of rotatable bonds is 4. The molecule has 0 spiro atoms. The number of halogens is 3. The number of aromatic nitrogens is 3. The number of amides is 1. The highest BCUT2D eigenvalue weighted by Crippen LogP contribution is 2.27. The Labute approximate surface area is 136 Å². The van der Waals surface area contributed by atoms with Crippen LogP contribution < -0.4 is 10.2 Å². The maximum absolute atomic E-state index is 12.4. The lowest BCUT2D eigenvalue weighted by Crippen LogP contribution is -2.24. The van der Waals surface area contributed by atoms with Crippen molar-refractivity contribution in [1.29, 1.82) is 0 Å². The second-order valence-electron chi connectivity index (χ2n) is 5.31. The van der Waals surface area contributed by atoms with E-state index >= 15 is 0 Å². The van der Waals surface area contributed by atoms with Crippen LogP contribution in [-0.4, -0.2) is 35.0 Å². The summed E-state index contributed by atoms with van der Waals surface area (Å²) in [7, 11) is 3.59. The van der Waals surface area contributed by atoms with Crippen LogP contribution in [-0.2, 0) is 12.7 Å². The predicted octanol–water partition coefficient (Wildman–Crippen LogP) is 2.19. The minimum Gasteiger partial charge on any atom is -0.347 e. The molecule has 0 aliphatic rings. The quantitative estimate of drug-likeness (QED) is 0.925. The van der Waals surface area contributed by atoms with Crippen molar-refractivity contribution in [2.75, 3.05) is 19.0 Å². The first kappa shape index (κ1) is 17.6. The molecule has 0 atom stereocenters. The van der Waals surface area contributed by atoms with E-state index in [1.807, 2.05) is 0 Å². The van der Waals surface area contributed by atoms with Crippen molar-refractivity contribution in [3.8, 4) is 0 Å². The van der Waals surface area contributed by atoms with Gasteiger partial charge >= 0.3 is 6.18 Å². The third-order valence-electron chi connectivity index (χ3n) is 3.04. The van der Waals surface area contributed by atoms with Gasteiger partial charge in [0.15, 0.2) is 0 Å². The van der Waals surface area contributed by atoms with E-state index in [1.54, 1.807) is 32.0 Å². The largest absolute Gasteiger partial charge is 0.433 e. The van der Waals surface area contributed by atoms with Gasteiger partial charge in [-0.3, -0.25) is 9.78 Å². The molecule has 1 amide bonds. The van der Waals surface area contributed by atoms with Gasteiger partial charge in [-0.1, -0.05) is 0 Å². The van der Waals surface area contributed by atoms with Crippen LogP contribution >= 0.6 is 0 Å². The van der Waals surface area contributed by atoms with Crippen molar-refractivity contribution in [2.45, 2.75) is 19.6 Å². The van der Waals surface area contributed by atoms with Crippen LogP contribution in [0, 0.1) is 6.92 Å². The maximum Gasteiger partial charge on any atom is 0.433 e. The number of hydrogen-bond acceptors (Lipinski definition) is 5. The van der Waals surface area contributed by atoms with Crippen molar-refractivity contribution >= 4 is 11.9 Å². The molecule has 0 radical (unpaired) electrons. The van der Waals surface area contributed by atoms with E-state index in [2.05, 4.69) is 20.3 Å². The Morgan fingerprint density at radius 2 is 1.96 bits per heavy atom. The number of carbonyl (C=O) groups excluding carboxylic acids is 1. The van der Waals surface area contributed by atoms with Gasteiger partial charge in [0.25, 0.3) is 5.91 Å². The number of pyridine rings is 1. The topological polar surface area (TPSA) is 71.0 Å². The van der Waals surface area contributed by atoms with Crippen LogP contribution in [0.4, 0.5) is 19.1 Å². The van der Waals surface area contributed by atoms with Crippen LogP contribution in [0.5, 0.6) is 0 Å². The van der Waals surface area contributed by atoms with Gasteiger partial charge in [0.1, 0.15) is 5.69 Å².